The predicted octanol–water partition coefficient (Wildman–Crippen LogP) is -0.237. The molecule has 3 rings (SSSR count). The van der Waals surface area contributed by atoms with Crippen molar-refractivity contribution in [1.82, 2.24) is 20.2 Å². The molecule has 24 heavy (non-hydrogen) atoms. The molecule has 2 aromatic rings. The average molecular weight is 330 g/mol. The Morgan fingerprint density at radius 2 is 2.00 bits per heavy atom. The molecule has 0 spiro atoms. The zero-order valence-electron chi connectivity index (χ0n) is 13.3. The Bertz CT molecular complexity index is 751. The molecule has 1 fully saturated rings. The van der Waals surface area contributed by atoms with Crippen molar-refractivity contribution in [2.45, 2.75) is 13.3 Å². The maximum absolute atomic E-state index is 12.3. The second-order valence-corrected chi connectivity index (χ2v) is 5.58. The van der Waals surface area contributed by atoms with Crippen LogP contribution in [-0.2, 0) is 11.2 Å². The molecule has 0 radical (unpaired) electrons. The average Bonchev–Trinajstić information content (AvgIpc) is 3.00. The number of aryl methyl sites for hydroxylation is 1. The van der Waals surface area contributed by atoms with E-state index >= 15 is 0 Å². The zero-order chi connectivity index (χ0) is 17.1. The molecule has 126 valence electrons. The number of rotatable bonds is 4. The second kappa shape index (κ2) is 6.65. The van der Waals surface area contributed by atoms with Crippen LogP contribution in [0.1, 0.15) is 21.7 Å². The SMILES string of the molecule is Cc1nonc1CC(=O)N1CCN(c2ncccc2C(N)=O)CC1. The summed E-state index contributed by atoms with van der Waals surface area (Å²) >= 11 is 0. The zero-order valence-corrected chi connectivity index (χ0v) is 13.3. The molecule has 2 N–H and O–H groups in total. The lowest BCUT2D eigenvalue weighted by Gasteiger charge is -2.35. The van der Waals surface area contributed by atoms with Crippen molar-refractivity contribution >= 4 is 17.6 Å². The first kappa shape index (κ1) is 15.9. The van der Waals surface area contributed by atoms with Crippen molar-refractivity contribution in [3.05, 3.63) is 35.3 Å². The number of piperazine rings is 1. The number of anilines is 1. The van der Waals surface area contributed by atoms with E-state index in [1.54, 1.807) is 30.2 Å². The third-order valence-electron chi connectivity index (χ3n) is 4.05. The minimum absolute atomic E-state index is 0.0235. The number of nitrogens with two attached hydrogens (primary N) is 1. The van der Waals surface area contributed by atoms with Crippen LogP contribution in [0, 0.1) is 6.92 Å². The Labute approximate surface area is 138 Å². The van der Waals surface area contributed by atoms with Crippen LogP contribution >= 0.6 is 0 Å². The molecule has 9 nitrogen and oxygen atoms in total. The Morgan fingerprint density at radius 3 is 2.62 bits per heavy atom. The molecule has 1 aliphatic rings. The highest BCUT2D eigenvalue weighted by Gasteiger charge is 2.25. The summed E-state index contributed by atoms with van der Waals surface area (Å²) in [5.41, 5.74) is 6.97. The highest BCUT2D eigenvalue weighted by Crippen LogP contribution is 2.19. The van der Waals surface area contributed by atoms with Gasteiger partial charge >= 0.3 is 0 Å². The molecule has 0 aromatic carbocycles. The van der Waals surface area contributed by atoms with E-state index in [1.807, 2.05) is 4.90 Å². The first-order valence-corrected chi connectivity index (χ1v) is 7.62. The van der Waals surface area contributed by atoms with E-state index in [2.05, 4.69) is 19.9 Å². The normalized spacial score (nSPS) is 14.7. The fourth-order valence-corrected chi connectivity index (χ4v) is 2.67. The Balaban J connectivity index is 1.63. The summed E-state index contributed by atoms with van der Waals surface area (Å²) in [6.07, 6.45) is 1.80. The first-order valence-electron chi connectivity index (χ1n) is 7.62. The number of carbonyl (C=O) groups excluding carboxylic acids is 2. The Hall–Kier alpha value is -2.97. The van der Waals surface area contributed by atoms with Gasteiger partial charge in [-0.05, 0) is 19.1 Å². The van der Waals surface area contributed by atoms with Gasteiger partial charge in [0.1, 0.15) is 17.2 Å². The molecule has 9 heteroatoms. The van der Waals surface area contributed by atoms with Gasteiger partial charge in [-0.2, -0.15) is 0 Å². The van der Waals surface area contributed by atoms with Crippen LogP contribution in [0.15, 0.2) is 23.0 Å². The van der Waals surface area contributed by atoms with E-state index in [-0.39, 0.29) is 12.3 Å². The van der Waals surface area contributed by atoms with Crippen LogP contribution in [0.2, 0.25) is 0 Å². The van der Waals surface area contributed by atoms with Crippen LogP contribution in [-0.4, -0.2) is 58.2 Å². The summed E-state index contributed by atoms with van der Waals surface area (Å²) in [6.45, 7) is 4.00. The molecule has 0 bridgehead atoms. The molecule has 0 saturated carbocycles. The predicted molar refractivity (Wildman–Crippen MR) is 84.3 cm³/mol. The number of amides is 2. The Morgan fingerprint density at radius 1 is 1.25 bits per heavy atom. The molecule has 1 saturated heterocycles. The van der Waals surface area contributed by atoms with Crippen LogP contribution in [0.25, 0.3) is 0 Å². The van der Waals surface area contributed by atoms with Gasteiger partial charge < -0.3 is 15.5 Å². The van der Waals surface area contributed by atoms with E-state index in [1.165, 1.54) is 0 Å². The third kappa shape index (κ3) is 3.19. The van der Waals surface area contributed by atoms with Crippen molar-refractivity contribution in [2.75, 3.05) is 31.1 Å². The summed E-state index contributed by atoms with van der Waals surface area (Å²) in [5.74, 6) is 0.0313. The smallest absolute Gasteiger partial charge is 0.252 e. The van der Waals surface area contributed by atoms with Gasteiger partial charge in [0.2, 0.25) is 5.91 Å². The summed E-state index contributed by atoms with van der Waals surface area (Å²) in [6, 6.07) is 3.33. The van der Waals surface area contributed by atoms with Crippen molar-refractivity contribution in [2.24, 2.45) is 5.73 Å². The van der Waals surface area contributed by atoms with E-state index in [9.17, 15) is 9.59 Å². The molecular formula is C15H18N6O3. The minimum Gasteiger partial charge on any atom is -0.365 e. The summed E-state index contributed by atoms with van der Waals surface area (Å²) < 4.78 is 4.61. The maximum Gasteiger partial charge on any atom is 0.252 e. The lowest BCUT2D eigenvalue weighted by molar-refractivity contribution is -0.130. The van der Waals surface area contributed by atoms with Gasteiger partial charge in [0.15, 0.2) is 0 Å². The number of primary amides is 1. The van der Waals surface area contributed by atoms with Gasteiger partial charge in [-0.25, -0.2) is 9.61 Å². The number of hydrogen-bond donors (Lipinski definition) is 1. The van der Waals surface area contributed by atoms with Crippen molar-refractivity contribution in [3.8, 4) is 0 Å². The van der Waals surface area contributed by atoms with Crippen molar-refractivity contribution < 1.29 is 14.2 Å². The molecule has 0 aliphatic carbocycles. The lowest BCUT2D eigenvalue weighted by Crippen LogP contribution is -2.50. The molecule has 1 aliphatic heterocycles. The van der Waals surface area contributed by atoms with Crippen molar-refractivity contribution in [3.63, 3.8) is 0 Å². The first-order chi connectivity index (χ1) is 11.6. The highest BCUT2D eigenvalue weighted by molar-refractivity contribution is 5.97. The number of nitrogens with zero attached hydrogens (tertiary/aromatic N) is 5. The highest BCUT2D eigenvalue weighted by atomic mass is 16.6. The fourth-order valence-electron chi connectivity index (χ4n) is 2.67. The number of carbonyl (C=O) groups is 2. The number of aromatic nitrogens is 3. The van der Waals surface area contributed by atoms with Gasteiger partial charge in [0, 0.05) is 32.4 Å². The quantitative estimate of drug-likeness (QED) is 0.822. The standard InChI is InChI=1S/C15H18N6O3/c1-10-12(19-24-18-10)9-13(22)20-5-7-21(8-6-20)15-11(14(16)23)3-2-4-17-15/h2-4H,5-9H2,1H3,(H2,16,23). The third-order valence-corrected chi connectivity index (χ3v) is 4.05. The monoisotopic (exact) mass is 330 g/mol. The van der Waals surface area contributed by atoms with Crippen molar-refractivity contribution in [1.29, 1.82) is 0 Å². The lowest BCUT2D eigenvalue weighted by atomic mass is 10.2. The van der Waals surface area contributed by atoms with Crippen LogP contribution in [0.4, 0.5) is 5.82 Å². The summed E-state index contributed by atoms with van der Waals surface area (Å²) in [7, 11) is 0. The minimum atomic E-state index is -0.509. The van der Waals surface area contributed by atoms with E-state index < -0.39 is 5.91 Å². The molecule has 0 atom stereocenters. The topological polar surface area (TPSA) is 118 Å². The molecule has 2 aromatic heterocycles. The van der Waals surface area contributed by atoms with Gasteiger partial charge in [-0.3, -0.25) is 9.59 Å². The number of pyridine rings is 1. The van der Waals surface area contributed by atoms with Crippen LogP contribution < -0.4 is 10.6 Å². The van der Waals surface area contributed by atoms with Crippen LogP contribution in [0.5, 0.6) is 0 Å². The maximum atomic E-state index is 12.3. The fraction of sp³-hybridized carbons (Fsp3) is 0.400. The van der Waals surface area contributed by atoms with E-state index in [4.69, 9.17) is 5.73 Å². The van der Waals surface area contributed by atoms with Gasteiger partial charge in [0.05, 0.1) is 12.0 Å². The van der Waals surface area contributed by atoms with Gasteiger partial charge in [0.25, 0.3) is 5.91 Å². The number of hydrogen-bond acceptors (Lipinski definition) is 7. The molecular weight excluding hydrogens is 312 g/mol. The largest absolute Gasteiger partial charge is 0.365 e. The molecule has 0 unspecified atom stereocenters. The Kier molecular flexibility index (Phi) is 4.41. The van der Waals surface area contributed by atoms with Gasteiger partial charge in [-0.1, -0.05) is 10.3 Å². The second-order valence-electron chi connectivity index (χ2n) is 5.58. The summed E-state index contributed by atoms with van der Waals surface area (Å²) in [5, 5.41) is 7.41. The van der Waals surface area contributed by atoms with Gasteiger partial charge in [-0.15, -0.1) is 0 Å². The van der Waals surface area contributed by atoms with E-state index in [0.29, 0.717) is 48.9 Å². The molecule has 2 amide bonds. The summed E-state index contributed by atoms with van der Waals surface area (Å²) in [4.78, 5) is 31.8. The molecule has 3 heterocycles. The van der Waals surface area contributed by atoms with E-state index in [0.717, 1.165) is 0 Å². The van der Waals surface area contributed by atoms with Crippen LogP contribution in [0.3, 0.4) is 0 Å².